The summed E-state index contributed by atoms with van der Waals surface area (Å²) < 4.78 is 5.29. The van der Waals surface area contributed by atoms with Crippen molar-refractivity contribution in [2.24, 2.45) is 0 Å². The summed E-state index contributed by atoms with van der Waals surface area (Å²) in [5, 5.41) is 0. The number of piperazine rings is 1. The van der Waals surface area contributed by atoms with Crippen LogP contribution in [0.25, 0.3) is 11.5 Å². The lowest BCUT2D eigenvalue weighted by molar-refractivity contribution is -0.137. The number of carbonyl (C=O) groups excluding carboxylic acids is 2. The fraction of sp³-hybridized carbons (Fsp3) is 0.500. The fourth-order valence-electron chi connectivity index (χ4n) is 4.23. The molecule has 0 bridgehead atoms. The van der Waals surface area contributed by atoms with Crippen molar-refractivity contribution in [1.29, 1.82) is 0 Å². The molecule has 1 unspecified atom stereocenters. The van der Waals surface area contributed by atoms with Crippen LogP contribution in [0.4, 0.5) is 0 Å². The molecule has 8 heteroatoms. The molecule has 2 aromatic heterocycles. The Morgan fingerprint density at radius 2 is 1.70 bits per heavy atom. The van der Waals surface area contributed by atoms with E-state index in [1.807, 2.05) is 11.8 Å². The van der Waals surface area contributed by atoms with Gasteiger partial charge in [0.25, 0.3) is 11.5 Å². The van der Waals surface area contributed by atoms with Gasteiger partial charge >= 0.3 is 0 Å². The number of H-pyrrole nitrogens is 1. The molecular formula is C22H28N4O4. The van der Waals surface area contributed by atoms with Gasteiger partial charge in [0.15, 0.2) is 0 Å². The predicted molar refractivity (Wildman–Crippen MR) is 112 cm³/mol. The van der Waals surface area contributed by atoms with Gasteiger partial charge < -0.3 is 19.2 Å². The molecule has 160 valence electrons. The number of aromatic amines is 1. The lowest BCUT2D eigenvalue weighted by Gasteiger charge is -2.39. The summed E-state index contributed by atoms with van der Waals surface area (Å²) in [6.45, 7) is 5.87. The second-order valence-electron chi connectivity index (χ2n) is 7.98. The van der Waals surface area contributed by atoms with Gasteiger partial charge in [-0.2, -0.15) is 0 Å². The Hall–Kier alpha value is -2.87. The first-order valence-corrected chi connectivity index (χ1v) is 10.6. The Kier molecular flexibility index (Phi) is 6.03. The average molecular weight is 412 g/mol. The first-order valence-electron chi connectivity index (χ1n) is 10.6. The molecule has 2 aliphatic rings. The Bertz CT molecular complexity index is 938. The monoisotopic (exact) mass is 412 g/mol. The average Bonchev–Trinajstić information content (AvgIpc) is 3.33. The number of nitrogens with zero attached hydrogens (tertiary/aromatic N) is 3. The quantitative estimate of drug-likeness (QED) is 0.827. The number of nitrogens with one attached hydrogen (secondary N) is 1. The lowest BCUT2D eigenvalue weighted by Crippen LogP contribution is -2.56. The van der Waals surface area contributed by atoms with Gasteiger partial charge in [-0.15, -0.1) is 0 Å². The van der Waals surface area contributed by atoms with Gasteiger partial charge in [0.05, 0.1) is 18.0 Å². The molecule has 0 aliphatic carbocycles. The van der Waals surface area contributed by atoms with Gasteiger partial charge in [-0.05, 0) is 50.5 Å². The number of pyridine rings is 1. The normalized spacial score (nSPS) is 19.0. The minimum absolute atomic E-state index is 0.121. The van der Waals surface area contributed by atoms with Gasteiger partial charge in [-0.25, -0.2) is 0 Å². The lowest BCUT2D eigenvalue weighted by atomic mass is 10.1. The van der Waals surface area contributed by atoms with Gasteiger partial charge in [0.2, 0.25) is 5.91 Å². The zero-order valence-electron chi connectivity index (χ0n) is 17.3. The maximum Gasteiger partial charge on any atom is 0.261 e. The molecule has 0 spiro atoms. The van der Waals surface area contributed by atoms with Crippen molar-refractivity contribution in [2.45, 2.75) is 32.2 Å². The molecule has 4 rings (SSSR count). The summed E-state index contributed by atoms with van der Waals surface area (Å²) in [6, 6.07) is 6.54. The predicted octanol–water partition coefficient (Wildman–Crippen LogP) is 1.79. The largest absolute Gasteiger partial charge is 0.463 e. The number of hydrogen-bond acceptors (Lipinski definition) is 5. The third-order valence-corrected chi connectivity index (χ3v) is 6.10. The highest BCUT2D eigenvalue weighted by atomic mass is 16.3. The maximum absolute atomic E-state index is 12.9. The van der Waals surface area contributed by atoms with Crippen molar-refractivity contribution in [3.05, 3.63) is 46.4 Å². The number of hydrogen-bond donors (Lipinski definition) is 1. The first kappa shape index (κ1) is 20.4. The number of amides is 2. The number of piperidine rings is 1. The van der Waals surface area contributed by atoms with E-state index in [1.54, 1.807) is 29.2 Å². The highest BCUT2D eigenvalue weighted by Gasteiger charge is 2.31. The summed E-state index contributed by atoms with van der Waals surface area (Å²) in [6.07, 6.45) is 4.88. The number of rotatable bonds is 4. The topological polar surface area (TPSA) is 89.9 Å². The SMILES string of the molecule is CC(C(=O)N1CCCCC1)N1CCN(C(=O)c2ccc(-c3ccco3)[nH]c2=O)CC1. The standard InChI is InChI=1S/C22H28N4O4/c1-16(21(28)25-9-3-2-4-10-25)24-11-13-26(14-12-24)22(29)17-7-8-18(23-20(17)27)19-6-5-15-30-19/h5-8,15-16H,2-4,9-14H2,1H3,(H,23,27). The molecule has 2 amide bonds. The highest BCUT2D eigenvalue weighted by Crippen LogP contribution is 2.17. The van der Waals surface area contributed by atoms with E-state index in [0.29, 0.717) is 37.6 Å². The molecule has 2 saturated heterocycles. The van der Waals surface area contributed by atoms with Crippen molar-refractivity contribution in [1.82, 2.24) is 19.7 Å². The second kappa shape index (κ2) is 8.87. The van der Waals surface area contributed by atoms with E-state index in [2.05, 4.69) is 9.88 Å². The van der Waals surface area contributed by atoms with E-state index >= 15 is 0 Å². The molecule has 0 radical (unpaired) electrons. The molecule has 0 saturated carbocycles. The minimum Gasteiger partial charge on any atom is -0.463 e. The number of aromatic nitrogens is 1. The van der Waals surface area contributed by atoms with Crippen molar-refractivity contribution in [3.63, 3.8) is 0 Å². The summed E-state index contributed by atoms with van der Waals surface area (Å²) in [5.41, 5.74) is 0.234. The van der Waals surface area contributed by atoms with Crippen LogP contribution in [0.5, 0.6) is 0 Å². The summed E-state index contributed by atoms with van der Waals surface area (Å²) in [5.74, 6) is 0.448. The molecule has 8 nitrogen and oxygen atoms in total. The Balaban J connectivity index is 1.36. The van der Waals surface area contributed by atoms with Crippen LogP contribution in [-0.2, 0) is 4.79 Å². The second-order valence-corrected chi connectivity index (χ2v) is 7.98. The summed E-state index contributed by atoms with van der Waals surface area (Å²) in [7, 11) is 0. The van der Waals surface area contributed by atoms with E-state index in [-0.39, 0.29) is 23.4 Å². The van der Waals surface area contributed by atoms with E-state index in [1.165, 1.54) is 12.7 Å². The van der Waals surface area contributed by atoms with Gasteiger partial charge in [-0.1, -0.05) is 0 Å². The van der Waals surface area contributed by atoms with Crippen LogP contribution < -0.4 is 5.56 Å². The smallest absolute Gasteiger partial charge is 0.261 e. The fourth-order valence-corrected chi connectivity index (χ4v) is 4.23. The van der Waals surface area contributed by atoms with Crippen LogP contribution in [-0.4, -0.2) is 76.8 Å². The van der Waals surface area contributed by atoms with Crippen LogP contribution in [0.15, 0.2) is 39.7 Å². The Morgan fingerprint density at radius 1 is 0.967 bits per heavy atom. The van der Waals surface area contributed by atoms with Gasteiger partial charge in [0, 0.05) is 39.3 Å². The van der Waals surface area contributed by atoms with E-state index in [4.69, 9.17) is 4.42 Å². The summed E-state index contributed by atoms with van der Waals surface area (Å²) in [4.78, 5) is 46.6. The molecular weight excluding hydrogens is 384 g/mol. The maximum atomic E-state index is 12.9. The van der Waals surface area contributed by atoms with E-state index in [0.717, 1.165) is 25.9 Å². The van der Waals surface area contributed by atoms with Crippen LogP contribution in [0.1, 0.15) is 36.5 Å². The minimum atomic E-state index is -0.426. The molecule has 0 aromatic carbocycles. The third-order valence-electron chi connectivity index (χ3n) is 6.10. The van der Waals surface area contributed by atoms with E-state index < -0.39 is 5.56 Å². The molecule has 30 heavy (non-hydrogen) atoms. The highest BCUT2D eigenvalue weighted by molar-refractivity contribution is 5.94. The van der Waals surface area contributed by atoms with Gasteiger partial charge in [-0.3, -0.25) is 19.3 Å². The number of furan rings is 1. The van der Waals surface area contributed by atoms with Crippen molar-refractivity contribution in [2.75, 3.05) is 39.3 Å². The molecule has 4 heterocycles. The van der Waals surface area contributed by atoms with E-state index in [9.17, 15) is 14.4 Å². The van der Waals surface area contributed by atoms with Crippen LogP contribution in [0.2, 0.25) is 0 Å². The third kappa shape index (κ3) is 4.18. The van der Waals surface area contributed by atoms with Crippen molar-refractivity contribution in [3.8, 4) is 11.5 Å². The van der Waals surface area contributed by atoms with Crippen LogP contribution in [0.3, 0.4) is 0 Å². The number of likely N-dealkylation sites (tertiary alicyclic amines) is 1. The molecule has 1 atom stereocenters. The Morgan fingerprint density at radius 3 is 2.33 bits per heavy atom. The summed E-state index contributed by atoms with van der Waals surface area (Å²) >= 11 is 0. The van der Waals surface area contributed by atoms with Crippen molar-refractivity contribution >= 4 is 11.8 Å². The molecule has 1 N–H and O–H groups in total. The van der Waals surface area contributed by atoms with Gasteiger partial charge in [0.1, 0.15) is 11.3 Å². The molecule has 2 aliphatic heterocycles. The Labute approximate surface area is 175 Å². The molecule has 2 aromatic rings. The number of carbonyl (C=O) groups is 2. The first-order chi connectivity index (χ1) is 14.5. The van der Waals surface area contributed by atoms with Crippen LogP contribution in [0, 0.1) is 0 Å². The molecule has 2 fully saturated rings. The van der Waals surface area contributed by atoms with Crippen molar-refractivity contribution < 1.29 is 14.0 Å². The zero-order chi connectivity index (χ0) is 21.1. The zero-order valence-corrected chi connectivity index (χ0v) is 17.3. The van der Waals surface area contributed by atoms with Crippen LogP contribution >= 0.6 is 0 Å².